The summed E-state index contributed by atoms with van der Waals surface area (Å²) >= 11 is 5.83. The van der Waals surface area contributed by atoms with Crippen LogP contribution in [0.4, 0.5) is 4.39 Å². The van der Waals surface area contributed by atoms with Gasteiger partial charge in [0.25, 0.3) is 0 Å². The van der Waals surface area contributed by atoms with E-state index in [0.717, 1.165) is 36.3 Å². The van der Waals surface area contributed by atoms with Gasteiger partial charge in [0.1, 0.15) is 16.5 Å². The number of fused-ring (bicyclic) bond motifs is 1. The van der Waals surface area contributed by atoms with E-state index < -0.39 is 15.8 Å². The Hall–Kier alpha value is -1.37. The first-order valence-corrected chi connectivity index (χ1v) is 8.37. The van der Waals surface area contributed by atoms with Gasteiger partial charge in [0.05, 0.1) is 17.3 Å². The molecule has 0 saturated carbocycles. The van der Waals surface area contributed by atoms with E-state index in [2.05, 4.69) is 4.72 Å². The molecule has 1 aromatic carbocycles. The number of hydrogen-bond acceptors (Lipinski definition) is 3. The molecule has 2 aromatic rings. The summed E-state index contributed by atoms with van der Waals surface area (Å²) in [6.45, 7) is 0. The van der Waals surface area contributed by atoms with Crippen LogP contribution in [-0.4, -0.2) is 8.42 Å². The zero-order valence-electron chi connectivity index (χ0n) is 11.0. The number of aryl methyl sites for hydroxylation is 1. The van der Waals surface area contributed by atoms with Crippen molar-refractivity contribution < 1.29 is 17.2 Å². The summed E-state index contributed by atoms with van der Waals surface area (Å²) < 4.78 is 45.8. The highest BCUT2D eigenvalue weighted by molar-refractivity contribution is 7.89. The standard InChI is InChI=1S/C14H13ClFNO3S/c15-11-8-9(16)4-5-14(11)21(18,19)17-12-2-1-3-13-10(12)6-7-20-13/h4-8,12,17H,1-3H2. The summed E-state index contributed by atoms with van der Waals surface area (Å²) in [5.41, 5.74) is 0.850. The highest BCUT2D eigenvalue weighted by Gasteiger charge is 2.28. The van der Waals surface area contributed by atoms with E-state index in [9.17, 15) is 12.8 Å². The quantitative estimate of drug-likeness (QED) is 0.938. The van der Waals surface area contributed by atoms with Gasteiger partial charge in [-0.25, -0.2) is 17.5 Å². The summed E-state index contributed by atoms with van der Waals surface area (Å²) in [6.07, 6.45) is 3.88. The van der Waals surface area contributed by atoms with Gasteiger partial charge in [-0.2, -0.15) is 0 Å². The fourth-order valence-corrected chi connectivity index (χ4v) is 4.33. The van der Waals surface area contributed by atoms with Gasteiger partial charge in [-0.05, 0) is 37.1 Å². The first-order valence-electron chi connectivity index (χ1n) is 6.51. The zero-order valence-corrected chi connectivity index (χ0v) is 12.5. The van der Waals surface area contributed by atoms with Crippen LogP contribution in [0.15, 0.2) is 39.8 Å². The Balaban J connectivity index is 1.91. The van der Waals surface area contributed by atoms with Gasteiger partial charge in [0.2, 0.25) is 10.0 Å². The highest BCUT2D eigenvalue weighted by atomic mass is 35.5. The smallest absolute Gasteiger partial charge is 0.242 e. The van der Waals surface area contributed by atoms with Crippen LogP contribution in [0.5, 0.6) is 0 Å². The summed E-state index contributed by atoms with van der Waals surface area (Å²) in [7, 11) is -3.82. The maximum Gasteiger partial charge on any atom is 0.242 e. The molecule has 1 aromatic heterocycles. The first kappa shape index (κ1) is 14.6. The lowest BCUT2D eigenvalue weighted by Gasteiger charge is -2.22. The molecule has 1 atom stereocenters. The van der Waals surface area contributed by atoms with Gasteiger partial charge < -0.3 is 4.42 Å². The molecule has 0 aliphatic heterocycles. The largest absolute Gasteiger partial charge is 0.469 e. The average molecular weight is 330 g/mol. The second kappa shape index (κ2) is 5.44. The van der Waals surface area contributed by atoms with Crippen molar-refractivity contribution in [2.45, 2.75) is 30.2 Å². The van der Waals surface area contributed by atoms with Crippen LogP contribution in [-0.2, 0) is 16.4 Å². The third kappa shape index (κ3) is 2.84. The van der Waals surface area contributed by atoms with Crippen LogP contribution in [0.1, 0.15) is 30.2 Å². The van der Waals surface area contributed by atoms with E-state index in [0.29, 0.717) is 6.42 Å². The number of sulfonamides is 1. The molecule has 0 bridgehead atoms. The molecule has 0 saturated heterocycles. The molecule has 0 radical (unpaired) electrons. The highest BCUT2D eigenvalue weighted by Crippen LogP contribution is 2.32. The van der Waals surface area contributed by atoms with Gasteiger partial charge in [-0.1, -0.05) is 11.6 Å². The van der Waals surface area contributed by atoms with Gasteiger partial charge >= 0.3 is 0 Å². The van der Waals surface area contributed by atoms with Crippen LogP contribution in [0, 0.1) is 5.82 Å². The van der Waals surface area contributed by atoms with Gasteiger partial charge in [-0.3, -0.25) is 0 Å². The molecule has 0 amide bonds. The fourth-order valence-electron chi connectivity index (χ4n) is 2.55. The van der Waals surface area contributed by atoms with Crippen LogP contribution >= 0.6 is 11.6 Å². The van der Waals surface area contributed by atoms with Gasteiger partial charge in [0, 0.05) is 12.0 Å². The number of halogens is 2. The first-order chi connectivity index (χ1) is 9.97. The lowest BCUT2D eigenvalue weighted by Crippen LogP contribution is -2.30. The molecule has 1 N–H and O–H groups in total. The van der Waals surface area contributed by atoms with Crippen LogP contribution in [0.25, 0.3) is 0 Å². The number of hydrogen-bond donors (Lipinski definition) is 1. The molecular weight excluding hydrogens is 317 g/mol. The molecule has 3 rings (SSSR count). The van der Waals surface area contributed by atoms with Crippen molar-refractivity contribution in [2.75, 3.05) is 0 Å². The summed E-state index contributed by atoms with van der Waals surface area (Å²) in [4.78, 5) is -0.124. The van der Waals surface area contributed by atoms with Crippen molar-refractivity contribution in [1.82, 2.24) is 4.72 Å². The van der Waals surface area contributed by atoms with Crippen molar-refractivity contribution in [3.05, 3.63) is 52.7 Å². The van der Waals surface area contributed by atoms with E-state index in [1.54, 1.807) is 12.3 Å². The molecule has 1 aliphatic carbocycles. The number of furan rings is 1. The van der Waals surface area contributed by atoms with Gasteiger partial charge in [-0.15, -0.1) is 0 Å². The second-order valence-corrected chi connectivity index (χ2v) is 7.03. The molecule has 1 unspecified atom stereocenters. The summed E-state index contributed by atoms with van der Waals surface area (Å²) in [6, 6.07) is 4.65. The minimum atomic E-state index is -3.82. The normalized spacial score (nSPS) is 18.5. The van der Waals surface area contributed by atoms with Crippen molar-refractivity contribution in [1.29, 1.82) is 0 Å². The van der Waals surface area contributed by atoms with Crippen molar-refractivity contribution in [2.24, 2.45) is 0 Å². The Morgan fingerprint density at radius 1 is 1.33 bits per heavy atom. The number of nitrogens with one attached hydrogen (secondary N) is 1. The molecule has 1 heterocycles. The maximum absolute atomic E-state index is 13.0. The molecule has 21 heavy (non-hydrogen) atoms. The molecule has 7 heteroatoms. The summed E-state index contributed by atoms with van der Waals surface area (Å²) in [5, 5.41) is -0.134. The SMILES string of the molecule is O=S(=O)(NC1CCCc2occc21)c1ccc(F)cc1Cl. The maximum atomic E-state index is 13.0. The summed E-state index contributed by atoms with van der Waals surface area (Å²) in [5.74, 6) is 0.230. The lowest BCUT2D eigenvalue weighted by molar-refractivity contribution is 0.438. The predicted octanol–water partition coefficient (Wildman–Crippen LogP) is 3.43. The third-order valence-electron chi connectivity index (χ3n) is 3.53. The lowest BCUT2D eigenvalue weighted by atomic mass is 9.94. The Labute approximate surface area is 127 Å². The molecule has 112 valence electrons. The Bertz CT molecular complexity index is 772. The van der Waals surface area contributed by atoms with E-state index in [1.807, 2.05) is 0 Å². The van der Waals surface area contributed by atoms with Crippen LogP contribution in [0.2, 0.25) is 5.02 Å². The average Bonchev–Trinajstić information content (AvgIpc) is 2.87. The van der Waals surface area contributed by atoms with Crippen molar-refractivity contribution in [3.63, 3.8) is 0 Å². The molecule has 0 spiro atoms. The molecule has 0 fully saturated rings. The van der Waals surface area contributed by atoms with Crippen molar-refractivity contribution >= 4 is 21.6 Å². The van der Waals surface area contributed by atoms with E-state index in [-0.39, 0.29) is 16.0 Å². The Kier molecular flexibility index (Phi) is 3.77. The van der Waals surface area contributed by atoms with E-state index >= 15 is 0 Å². The second-order valence-electron chi connectivity index (χ2n) is 4.94. The Morgan fingerprint density at radius 2 is 2.14 bits per heavy atom. The monoisotopic (exact) mass is 329 g/mol. The van der Waals surface area contributed by atoms with E-state index in [1.165, 1.54) is 6.07 Å². The van der Waals surface area contributed by atoms with Crippen LogP contribution in [0.3, 0.4) is 0 Å². The predicted molar refractivity (Wildman–Crippen MR) is 76.1 cm³/mol. The fraction of sp³-hybridized carbons (Fsp3) is 0.286. The van der Waals surface area contributed by atoms with E-state index in [4.69, 9.17) is 16.0 Å². The van der Waals surface area contributed by atoms with Gasteiger partial charge in [0.15, 0.2) is 0 Å². The van der Waals surface area contributed by atoms with Crippen LogP contribution < -0.4 is 4.72 Å². The molecule has 1 aliphatic rings. The minimum Gasteiger partial charge on any atom is -0.469 e. The number of rotatable bonds is 3. The number of benzene rings is 1. The third-order valence-corrected chi connectivity index (χ3v) is 5.49. The van der Waals surface area contributed by atoms with Crippen molar-refractivity contribution in [3.8, 4) is 0 Å². The molecular formula is C14H13ClFNO3S. The zero-order chi connectivity index (χ0) is 15.0. The Morgan fingerprint density at radius 3 is 2.90 bits per heavy atom. The minimum absolute atomic E-state index is 0.124. The molecule has 4 nitrogen and oxygen atoms in total. The topological polar surface area (TPSA) is 59.3 Å².